The molecular formula is C22H28N2O6. The van der Waals surface area contributed by atoms with Gasteiger partial charge in [0.05, 0.1) is 26.9 Å². The normalized spacial score (nSPS) is 10.1. The molecule has 162 valence electrons. The van der Waals surface area contributed by atoms with Gasteiger partial charge in [-0.15, -0.1) is 0 Å². The van der Waals surface area contributed by atoms with E-state index in [0.717, 1.165) is 19.4 Å². The zero-order chi connectivity index (χ0) is 21.9. The van der Waals surface area contributed by atoms with Crippen molar-refractivity contribution in [3.63, 3.8) is 0 Å². The summed E-state index contributed by atoms with van der Waals surface area (Å²) in [5, 5.41) is 5.88. The predicted molar refractivity (Wildman–Crippen MR) is 115 cm³/mol. The summed E-state index contributed by atoms with van der Waals surface area (Å²) in [6, 6.07) is 10.2. The lowest BCUT2D eigenvalue weighted by atomic mass is 10.1. The minimum absolute atomic E-state index is 0.384. The number of unbranched alkanes of at least 4 members (excludes halogenated alkanes) is 1. The molecule has 0 heterocycles. The Hall–Kier alpha value is -3.42. The molecule has 0 fully saturated rings. The lowest BCUT2D eigenvalue weighted by Gasteiger charge is -2.15. The number of carbonyl (C=O) groups is 2. The highest BCUT2D eigenvalue weighted by Crippen LogP contribution is 2.39. The van der Waals surface area contributed by atoms with Gasteiger partial charge >= 0.3 is 5.97 Å². The number of hydrogen-bond acceptors (Lipinski definition) is 7. The summed E-state index contributed by atoms with van der Waals surface area (Å²) in [7, 11) is 4.46. The Morgan fingerprint density at radius 3 is 2.23 bits per heavy atom. The van der Waals surface area contributed by atoms with Crippen LogP contribution in [0.4, 0.5) is 11.4 Å². The van der Waals surface area contributed by atoms with Crippen LogP contribution >= 0.6 is 0 Å². The molecule has 30 heavy (non-hydrogen) atoms. The molecule has 2 aromatic carbocycles. The SMILES string of the molecule is CCCCNc1ccccc1C(=O)OCC(=O)Nc1cc(OC)c(OC)c(OC)c1. The quantitative estimate of drug-likeness (QED) is 0.426. The van der Waals surface area contributed by atoms with Gasteiger partial charge in [0.1, 0.15) is 0 Å². The minimum Gasteiger partial charge on any atom is -0.493 e. The Bertz CT molecular complexity index is 843. The maximum atomic E-state index is 12.4. The van der Waals surface area contributed by atoms with Crippen molar-refractivity contribution in [2.45, 2.75) is 19.8 Å². The molecule has 2 aromatic rings. The molecule has 0 atom stereocenters. The van der Waals surface area contributed by atoms with Gasteiger partial charge in [0.2, 0.25) is 5.75 Å². The Kier molecular flexibility index (Phi) is 8.80. The second kappa shape index (κ2) is 11.5. The standard InChI is InChI=1S/C22H28N2O6/c1-5-6-11-23-17-10-8-7-9-16(17)22(26)30-14-20(25)24-15-12-18(27-2)21(29-4)19(13-15)28-3/h7-10,12-13,23H,5-6,11,14H2,1-4H3,(H,24,25). The Morgan fingerprint density at radius 1 is 0.967 bits per heavy atom. The van der Waals surface area contributed by atoms with Crippen molar-refractivity contribution in [1.82, 2.24) is 0 Å². The van der Waals surface area contributed by atoms with Crippen LogP contribution in [0.3, 0.4) is 0 Å². The van der Waals surface area contributed by atoms with E-state index < -0.39 is 18.5 Å². The van der Waals surface area contributed by atoms with Gasteiger partial charge < -0.3 is 29.6 Å². The van der Waals surface area contributed by atoms with E-state index in [9.17, 15) is 9.59 Å². The van der Waals surface area contributed by atoms with Crippen molar-refractivity contribution in [2.24, 2.45) is 0 Å². The van der Waals surface area contributed by atoms with Crippen molar-refractivity contribution in [3.05, 3.63) is 42.0 Å². The third-order valence-corrected chi connectivity index (χ3v) is 4.28. The zero-order valence-corrected chi connectivity index (χ0v) is 17.7. The van der Waals surface area contributed by atoms with Crippen LogP contribution in [-0.4, -0.2) is 46.4 Å². The molecule has 8 heteroatoms. The summed E-state index contributed by atoms with van der Waals surface area (Å²) in [5.41, 5.74) is 1.49. The fourth-order valence-corrected chi connectivity index (χ4v) is 2.77. The van der Waals surface area contributed by atoms with E-state index in [1.807, 2.05) is 12.1 Å². The van der Waals surface area contributed by atoms with E-state index in [4.69, 9.17) is 18.9 Å². The highest BCUT2D eigenvalue weighted by atomic mass is 16.5. The van der Waals surface area contributed by atoms with E-state index in [-0.39, 0.29) is 0 Å². The number of nitrogens with one attached hydrogen (secondary N) is 2. The molecular weight excluding hydrogens is 388 g/mol. The molecule has 0 aliphatic heterocycles. The Balaban J connectivity index is 2.01. The van der Waals surface area contributed by atoms with Crippen LogP contribution < -0.4 is 24.8 Å². The average molecular weight is 416 g/mol. The predicted octanol–water partition coefficient (Wildman–Crippen LogP) is 3.72. The third-order valence-electron chi connectivity index (χ3n) is 4.28. The molecule has 0 aromatic heterocycles. The summed E-state index contributed by atoms with van der Waals surface area (Å²) >= 11 is 0. The number of benzene rings is 2. The minimum atomic E-state index is -0.574. The fraction of sp³-hybridized carbons (Fsp3) is 0.364. The first-order valence-corrected chi connectivity index (χ1v) is 9.63. The summed E-state index contributed by atoms with van der Waals surface area (Å²) in [4.78, 5) is 24.7. The van der Waals surface area contributed by atoms with Gasteiger partial charge in [-0.25, -0.2) is 4.79 Å². The molecule has 0 unspecified atom stereocenters. The fourth-order valence-electron chi connectivity index (χ4n) is 2.77. The van der Waals surface area contributed by atoms with Crippen molar-refractivity contribution in [3.8, 4) is 17.2 Å². The van der Waals surface area contributed by atoms with Crippen LogP contribution in [0.1, 0.15) is 30.1 Å². The van der Waals surface area contributed by atoms with Crippen LogP contribution in [0, 0.1) is 0 Å². The second-order valence-electron chi connectivity index (χ2n) is 6.36. The maximum Gasteiger partial charge on any atom is 0.340 e. The number of hydrogen-bond donors (Lipinski definition) is 2. The lowest BCUT2D eigenvalue weighted by molar-refractivity contribution is -0.119. The smallest absolute Gasteiger partial charge is 0.340 e. The van der Waals surface area contributed by atoms with Gasteiger partial charge in [-0.05, 0) is 18.6 Å². The molecule has 0 aliphatic carbocycles. The summed E-state index contributed by atoms with van der Waals surface area (Å²) < 4.78 is 21.0. The van der Waals surface area contributed by atoms with Crippen LogP contribution in [0.2, 0.25) is 0 Å². The van der Waals surface area contributed by atoms with E-state index in [0.29, 0.717) is 34.2 Å². The number of rotatable bonds is 11. The van der Waals surface area contributed by atoms with Gasteiger partial charge in [0, 0.05) is 30.1 Å². The molecule has 0 bridgehead atoms. The topological polar surface area (TPSA) is 95.1 Å². The first kappa shape index (κ1) is 22.9. The zero-order valence-electron chi connectivity index (χ0n) is 17.7. The maximum absolute atomic E-state index is 12.4. The van der Waals surface area contributed by atoms with Gasteiger partial charge in [0.25, 0.3) is 5.91 Å². The monoisotopic (exact) mass is 416 g/mol. The van der Waals surface area contributed by atoms with Crippen LogP contribution in [0.15, 0.2) is 36.4 Å². The first-order chi connectivity index (χ1) is 14.5. The summed E-state index contributed by atoms with van der Waals surface area (Å²) in [5.74, 6) is 0.146. The number of carbonyl (C=O) groups excluding carboxylic acids is 2. The number of anilines is 2. The van der Waals surface area contributed by atoms with Gasteiger partial charge in [-0.3, -0.25) is 4.79 Å². The van der Waals surface area contributed by atoms with Crippen LogP contribution in [0.25, 0.3) is 0 Å². The highest BCUT2D eigenvalue weighted by Gasteiger charge is 2.17. The van der Waals surface area contributed by atoms with E-state index in [2.05, 4.69) is 17.6 Å². The first-order valence-electron chi connectivity index (χ1n) is 9.63. The average Bonchev–Trinajstić information content (AvgIpc) is 2.77. The molecule has 0 saturated heterocycles. The van der Waals surface area contributed by atoms with Crippen molar-refractivity contribution >= 4 is 23.3 Å². The van der Waals surface area contributed by atoms with E-state index in [1.54, 1.807) is 24.3 Å². The number of methoxy groups -OCH3 is 3. The molecule has 0 spiro atoms. The lowest BCUT2D eigenvalue weighted by Crippen LogP contribution is -2.21. The molecule has 8 nitrogen and oxygen atoms in total. The van der Waals surface area contributed by atoms with E-state index in [1.165, 1.54) is 21.3 Å². The second-order valence-corrected chi connectivity index (χ2v) is 6.36. The van der Waals surface area contributed by atoms with Gasteiger partial charge in [-0.2, -0.15) is 0 Å². The molecule has 0 aliphatic rings. The van der Waals surface area contributed by atoms with Crippen LogP contribution in [-0.2, 0) is 9.53 Å². The van der Waals surface area contributed by atoms with Crippen molar-refractivity contribution in [1.29, 1.82) is 0 Å². The number of amides is 1. The molecule has 2 rings (SSSR count). The number of para-hydroxylation sites is 1. The van der Waals surface area contributed by atoms with Gasteiger partial charge in [0.15, 0.2) is 18.1 Å². The Morgan fingerprint density at radius 2 is 1.63 bits per heavy atom. The summed E-state index contributed by atoms with van der Waals surface area (Å²) in [6.45, 7) is 2.41. The van der Waals surface area contributed by atoms with Crippen LogP contribution in [0.5, 0.6) is 17.2 Å². The highest BCUT2D eigenvalue weighted by molar-refractivity contribution is 5.98. The molecule has 1 amide bonds. The number of esters is 1. The van der Waals surface area contributed by atoms with Gasteiger partial charge in [-0.1, -0.05) is 25.5 Å². The number of ether oxygens (including phenoxy) is 4. The molecule has 2 N–H and O–H groups in total. The largest absolute Gasteiger partial charge is 0.493 e. The third kappa shape index (κ3) is 6.04. The van der Waals surface area contributed by atoms with Crippen molar-refractivity contribution < 1.29 is 28.5 Å². The van der Waals surface area contributed by atoms with E-state index >= 15 is 0 Å². The molecule has 0 radical (unpaired) electrons. The summed E-state index contributed by atoms with van der Waals surface area (Å²) in [6.07, 6.45) is 2.03. The Labute approximate surface area is 176 Å². The molecule has 0 saturated carbocycles. The van der Waals surface area contributed by atoms with Crippen molar-refractivity contribution in [2.75, 3.05) is 45.1 Å².